The molecule has 1 aromatic heterocycles. The Morgan fingerprint density at radius 3 is 2.88 bits per heavy atom. The van der Waals surface area contributed by atoms with Crippen molar-refractivity contribution in [3.8, 4) is 5.75 Å². The standard InChI is InChI=1S/C15H19FN4O4/c1-10(11-3-4-15(24-2)14(16)5-11)17-7-13(21)9-19-8-12(6-18-19)20(22)23/h3-6,8,10,13,17,21H,7,9H2,1-2H3. The summed E-state index contributed by atoms with van der Waals surface area (Å²) in [4.78, 5) is 10.0. The largest absolute Gasteiger partial charge is 0.494 e. The fourth-order valence-corrected chi connectivity index (χ4v) is 2.21. The number of nitrogens with one attached hydrogen (secondary N) is 1. The Labute approximate surface area is 138 Å². The van der Waals surface area contributed by atoms with E-state index in [1.54, 1.807) is 12.1 Å². The van der Waals surface area contributed by atoms with Crippen LogP contribution >= 0.6 is 0 Å². The van der Waals surface area contributed by atoms with Crippen LogP contribution in [-0.4, -0.2) is 39.6 Å². The van der Waals surface area contributed by atoms with E-state index in [4.69, 9.17) is 4.74 Å². The van der Waals surface area contributed by atoms with Crippen LogP contribution < -0.4 is 10.1 Å². The minimum Gasteiger partial charge on any atom is -0.494 e. The highest BCUT2D eigenvalue weighted by molar-refractivity contribution is 5.30. The Bertz CT molecular complexity index is 707. The molecule has 2 rings (SSSR count). The number of aromatic nitrogens is 2. The van der Waals surface area contributed by atoms with Crippen molar-refractivity contribution in [1.29, 1.82) is 0 Å². The molecule has 2 N–H and O–H groups in total. The van der Waals surface area contributed by atoms with Crippen molar-refractivity contribution in [2.24, 2.45) is 0 Å². The van der Waals surface area contributed by atoms with E-state index in [0.717, 1.165) is 11.8 Å². The van der Waals surface area contributed by atoms with E-state index in [1.165, 1.54) is 24.1 Å². The molecule has 0 radical (unpaired) electrons. The summed E-state index contributed by atoms with van der Waals surface area (Å²) in [5, 5.41) is 27.5. The Balaban J connectivity index is 1.87. The number of methoxy groups -OCH3 is 1. The van der Waals surface area contributed by atoms with Gasteiger partial charge in [-0.25, -0.2) is 4.39 Å². The molecule has 0 aliphatic rings. The summed E-state index contributed by atoms with van der Waals surface area (Å²) < 4.78 is 19.9. The summed E-state index contributed by atoms with van der Waals surface area (Å²) in [6.07, 6.45) is 1.59. The van der Waals surface area contributed by atoms with Gasteiger partial charge in [0.1, 0.15) is 12.4 Å². The first-order valence-electron chi connectivity index (χ1n) is 7.32. The summed E-state index contributed by atoms with van der Waals surface area (Å²) >= 11 is 0. The number of nitro groups is 1. The molecular weight excluding hydrogens is 319 g/mol. The minimum atomic E-state index is -0.796. The van der Waals surface area contributed by atoms with Crippen LogP contribution in [0.4, 0.5) is 10.1 Å². The van der Waals surface area contributed by atoms with Crippen LogP contribution in [0.15, 0.2) is 30.6 Å². The maximum atomic E-state index is 13.7. The lowest BCUT2D eigenvalue weighted by molar-refractivity contribution is -0.385. The van der Waals surface area contributed by atoms with Gasteiger partial charge in [-0.15, -0.1) is 0 Å². The van der Waals surface area contributed by atoms with E-state index in [1.807, 2.05) is 6.92 Å². The molecular formula is C15H19FN4O4. The van der Waals surface area contributed by atoms with Crippen molar-refractivity contribution < 1.29 is 19.2 Å². The zero-order valence-corrected chi connectivity index (χ0v) is 13.3. The lowest BCUT2D eigenvalue weighted by atomic mass is 10.1. The predicted octanol–water partition coefficient (Wildman–Crippen LogP) is 1.65. The second-order valence-electron chi connectivity index (χ2n) is 5.36. The van der Waals surface area contributed by atoms with Gasteiger partial charge in [-0.2, -0.15) is 5.10 Å². The SMILES string of the molecule is COc1ccc(C(C)NCC(O)Cn2cc([N+](=O)[O-])cn2)cc1F. The van der Waals surface area contributed by atoms with Crippen molar-refractivity contribution >= 4 is 5.69 Å². The molecule has 0 aliphatic heterocycles. The van der Waals surface area contributed by atoms with Gasteiger partial charge in [0.25, 0.3) is 0 Å². The Hall–Kier alpha value is -2.52. The number of halogens is 1. The molecule has 0 bridgehead atoms. The van der Waals surface area contributed by atoms with Gasteiger partial charge < -0.3 is 15.2 Å². The summed E-state index contributed by atoms with van der Waals surface area (Å²) in [7, 11) is 1.40. The predicted molar refractivity (Wildman–Crippen MR) is 84.3 cm³/mol. The van der Waals surface area contributed by atoms with Crippen molar-refractivity contribution in [3.05, 3.63) is 52.1 Å². The van der Waals surface area contributed by atoms with E-state index >= 15 is 0 Å². The molecule has 1 heterocycles. The van der Waals surface area contributed by atoms with Crippen LogP contribution in [0.1, 0.15) is 18.5 Å². The first-order chi connectivity index (χ1) is 11.4. The van der Waals surface area contributed by atoms with Crippen molar-refractivity contribution in [2.75, 3.05) is 13.7 Å². The van der Waals surface area contributed by atoms with Crippen molar-refractivity contribution in [2.45, 2.75) is 25.6 Å². The number of hydrogen-bond acceptors (Lipinski definition) is 6. The molecule has 0 amide bonds. The zero-order chi connectivity index (χ0) is 17.7. The van der Waals surface area contributed by atoms with E-state index in [0.29, 0.717) is 0 Å². The third-order valence-electron chi connectivity index (χ3n) is 3.56. The Kier molecular flexibility index (Phi) is 5.83. The molecule has 24 heavy (non-hydrogen) atoms. The molecule has 0 fully saturated rings. The highest BCUT2D eigenvalue weighted by Crippen LogP contribution is 2.21. The quantitative estimate of drug-likeness (QED) is 0.560. The number of aliphatic hydroxyl groups is 1. The summed E-state index contributed by atoms with van der Waals surface area (Å²) in [6.45, 7) is 2.18. The maximum Gasteiger partial charge on any atom is 0.306 e. The third kappa shape index (κ3) is 4.49. The fraction of sp³-hybridized carbons (Fsp3) is 0.400. The molecule has 0 saturated carbocycles. The van der Waals surface area contributed by atoms with Gasteiger partial charge in [0, 0.05) is 12.6 Å². The smallest absolute Gasteiger partial charge is 0.306 e. The highest BCUT2D eigenvalue weighted by atomic mass is 19.1. The Morgan fingerprint density at radius 1 is 1.54 bits per heavy atom. The second kappa shape index (κ2) is 7.84. The number of nitrogens with zero attached hydrogens (tertiary/aromatic N) is 3. The molecule has 0 aliphatic carbocycles. The molecule has 1 aromatic carbocycles. The number of hydrogen-bond donors (Lipinski definition) is 2. The topological polar surface area (TPSA) is 102 Å². The molecule has 2 aromatic rings. The number of aliphatic hydroxyl groups excluding tert-OH is 1. The monoisotopic (exact) mass is 338 g/mol. The van der Waals surface area contributed by atoms with E-state index in [2.05, 4.69) is 10.4 Å². The molecule has 2 unspecified atom stereocenters. The van der Waals surface area contributed by atoms with Crippen molar-refractivity contribution in [1.82, 2.24) is 15.1 Å². The summed E-state index contributed by atoms with van der Waals surface area (Å²) in [6, 6.07) is 4.47. The lowest BCUT2D eigenvalue weighted by Gasteiger charge is -2.18. The van der Waals surface area contributed by atoms with Gasteiger partial charge in [0.05, 0.1) is 24.7 Å². The van der Waals surface area contributed by atoms with Gasteiger partial charge in [-0.3, -0.25) is 14.8 Å². The fourth-order valence-electron chi connectivity index (χ4n) is 2.21. The number of ether oxygens (including phenoxy) is 1. The first kappa shape index (κ1) is 17.8. The molecule has 0 saturated heterocycles. The maximum absolute atomic E-state index is 13.7. The van der Waals surface area contributed by atoms with Gasteiger partial charge >= 0.3 is 5.69 Å². The van der Waals surface area contributed by atoms with Gasteiger partial charge in [0.2, 0.25) is 0 Å². The molecule has 2 atom stereocenters. The average molecular weight is 338 g/mol. The Morgan fingerprint density at radius 2 is 2.29 bits per heavy atom. The van der Waals surface area contributed by atoms with E-state index < -0.39 is 16.8 Å². The zero-order valence-electron chi connectivity index (χ0n) is 13.3. The van der Waals surface area contributed by atoms with Crippen LogP contribution in [0.2, 0.25) is 0 Å². The van der Waals surface area contributed by atoms with Crippen LogP contribution in [-0.2, 0) is 6.54 Å². The first-order valence-corrected chi connectivity index (χ1v) is 7.32. The minimum absolute atomic E-state index is 0.116. The molecule has 130 valence electrons. The van der Waals surface area contributed by atoms with Crippen LogP contribution in [0.5, 0.6) is 5.75 Å². The van der Waals surface area contributed by atoms with Gasteiger partial charge in [-0.1, -0.05) is 6.07 Å². The van der Waals surface area contributed by atoms with Crippen LogP contribution in [0.25, 0.3) is 0 Å². The van der Waals surface area contributed by atoms with Gasteiger partial charge in [0.15, 0.2) is 11.6 Å². The van der Waals surface area contributed by atoms with Crippen LogP contribution in [0, 0.1) is 15.9 Å². The number of benzene rings is 1. The summed E-state index contributed by atoms with van der Waals surface area (Å²) in [5.41, 5.74) is 0.590. The number of rotatable bonds is 8. The van der Waals surface area contributed by atoms with Crippen LogP contribution in [0.3, 0.4) is 0 Å². The molecule has 9 heteroatoms. The highest BCUT2D eigenvalue weighted by Gasteiger charge is 2.14. The third-order valence-corrected chi connectivity index (χ3v) is 3.56. The van der Waals surface area contributed by atoms with E-state index in [-0.39, 0.29) is 30.6 Å². The lowest BCUT2D eigenvalue weighted by Crippen LogP contribution is -2.32. The molecule has 0 spiro atoms. The van der Waals surface area contributed by atoms with Crippen molar-refractivity contribution in [3.63, 3.8) is 0 Å². The second-order valence-corrected chi connectivity index (χ2v) is 5.36. The average Bonchev–Trinajstić information content (AvgIpc) is 3.01. The molecule has 8 nitrogen and oxygen atoms in total. The summed E-state index contributed by atoms with van der Waals surface area (Å²) in [5.74, 6) is -0.278. The van der Waals surface area contributed by atoms with Gasteiger partial charge in [-0.05, 0) is 24.6 Å². The normalized spacial score (nSPS) is 13.5. The van der Waals surface area contributed by atoms with E-state index in [9.17, 15) is 19.6 Å².